The number of allylic oxidation sites excluding steroid dienone is 2. The second-order valence-corrected chi connectivity index (χ2v) is 8.22. The van der Waals surface area contributed by atoms with Crippen LogP contribution in [0.1, 0.15) is 12.0 Å². The molecule has 30 heavy (non-hydrogen) atoms. The lowest BCUT2D eigenvalue weighted by atomic mass is 9.85. The van der Waals surface area contributed by atoms with Crippen LogP contribution < -0.4 is 10.1 Å². The topological polar surface area (TPSA) is 75.7 Å². The molecule has 0 spiro atoms. The lowest BCUT2D eigenvalue weighted by Crippen LogP contribution is -2.39. The van der Waals surface area contributed by atoms with Gasteiger partial charge < -0.3 is 10.1 Å². The predicted molar refractivity (Wildman–Crippen MR) is 111 cm³/mol. The van der Waals surface area contributed by atoms with Crippen molar-refractivity contribution < 1.29 is 19.1 Å². The number of amides is 3. The van der Waals surface area contributed by atoms with Crippen LogP contribution >= 0.6 is 0 Å². The summed E-state index contributed by atoms with van der Waals surface area (Å²) in [4.78, 5) is 39.4. The molecule has 1 heterocycles. The van der Waals surface area contributed by atoms with Gasteiger partial charge >= 0.3 is 0 Å². The molecule has 1 saturated carbocycles. The maximum Gasteiger partial charge on any atom is 0.244 e. The van der Waals surface area contributed by atoms with Crippen LogP contribution in [-0.4, -0.2) is 29.2 Å². The standard InChI is InChI=1S/C24H22N2O4/c1-14-6-10-17(11-7-14)30-19-5-3-2-4-18(19)25-20(27)13-26-23(28)21-15-8-9-16(12-15)22(21)24(26)29/h2-11,15-16,21-22H,12-13H2,1H3,(H,25,27). The molecule has 2 aromatic carbocycles. The van der Waals surface area contributed by atoms with Gasteiger partial charge in [0.25, 0.3) is 0 Å². The van der Waals surface area contributed by atoms with Crippen molar-refractivity contribution in [2.45, 2.75) is 13.3 Å². The summed E-state index contributed by atoms with van der Waals surface area (Å²) in [5.74, 6) is -0.0357. The van der Waals surface area contributed by atoms with Gasteiger partial charge in [-0.15, -0.1) is 0 Å². The van der Waals surface area contributed by atoms with Crippen molar-refractivity contribution in [2.75, 3.05) is 11.9 Å². The zero-order chi connectivity index (χ0) is 20.8. The van der Waals surface area contributed by atoms with Crippen molar-refractivity contribution in [2.24, 2.45) is 23.7 Å². The van der Waals surface area contributed by atoms with Gasteiger partial charge in [-0.1, -0.05) is 42.0 Å². The molecule has 4 atom stereocenters. The summed E-state index contributed by atoms with van der Waals surface area (Å²) in [7, 11) is 0. The van der Waals surface area contributed by atoms with Gasteiger partial charge in [0.1, 0.15) is 12.3 Å². The fourth-order valence-electron chi connectivity index (χ4n) is 4.85. The number of imide groups is 1. The summed E-state index contributed by atoms with van der Waals surface area (Å²) in [5, 5.41) is 2.79. The number of carbonyl (C=O) groups is 3. The van der Waals surface area contributed by atoms with Gasteiger partial charge in [-0.05, 0) is 49.4 Å². The van der Waals surface area contributed by atoms with Gasteiger partial charge in [0.05, 0.1) is 17.5 Å². The number of likely N-dealkylation sites (tertiary alicyclic amines) is 1. The minimum Gasteiger partial charge on any atom is -0.455 e. The van der Waals surface area contributed by atoms with E-state index in [0.717, 1.165) is 16.9 Å². The lowest BCUT2D eigenvalue weighted by molar-refractivity contribution is -0.143. The monoisotopic (exact) mass is 402 g/mol. The molecule has 3 amide bonds. The van der Waals surface area contributed by atoms with Gasteiger partial charge in [-0.25, -0.2) is 0 Å². The Hall–Kier alpha value is -3.41. The highest BCUT2D eigenvalue weighted by Gasteiger charge is 2.59. The number of hydrogen-bond acceptors (Lipinski definition) is 4. The van der Waals surface area contributed by atoms with Crippen LogP contribution in [0.5, 0.6) is 11.5 Å². The van der Waals surface area contributed by atoms with Crippen molar-refractivity contribution in [1.29, 1.82) is 0 Å². The first-order valence-electron chi connectivity index (χ1n) is 10.2. The molecule has 2 aliphatic carbocycles. The number of nitrogens with one attached hydrogen (secondary N) is 1. The molecule has 2 fully saturated rings. The fourth-order valence-corrected chi connectivity index (χ4v) is 4.85. The molecule has 3 aliphatic rings. The molecule has 1 N–H and O–H groups in total. The molecule has 0 radical (unpaired) electrons. The molecular weight excluding hydrogens is 380 g/mol. The number of rotatable bonds is 5. The molecule has 1 saturated heterocycles. The van der Waals surface area contributed by atoms with Crippen molar-refractivity contribution in [1.82, 2.24) is 4.90 Å². The molecule has 1 aliphatic heterocycles. The van der Waals surface area contributed by atoms with Crippen molar-refractivity contribution in [3.63, 3.8) is 0 Å². The quantitative estimate of drug-likeness (QED) is 0.613. The van der Waals surface area contributed by atoms with E-state index in [2.05, 4.69) is 5.32 Å². The first-order chi connectivity index (χ1) is 14.5. The molecule has 152 valence electrons. The van der Waals surface area contributed by atoms with Crippen LogP contribution in [0.4, 0.5) is 5.69 Å². The molecule has 6 nitrogen and oxygen atoms in total. The number of aryl methyl sites for hydroxylation is 1. The molecule has 2 bridgehead atoms. The van der Waals surface area contributed by atoms with E-state index in [0.29, 0.717) is 17.2 Å². The van der Waals surface area contributed by atoms with Gasteiger partial charge in [0.15, 0.2) is 5.75 Å². The smallest absolute Gasteiger partial charge is 0.244 e. The van der Waals surface area contributed by atoms with Crippen LogP contribution in [0, 0.1) is 30.6 Å². The molecule has 0 aromatic heterocycles. The SMILES string of the molecule is Cc1ccc(Oc2ccccc2NC(=O)CN2C(=O)C3C4C=CC(C4)C3C2=O)cc1. The molecule has 5 rings (SSSR count). The molecule has 2 aromatic rings. The van der Waals surface area contributed by atoms with Gasteiger partial charge in [0, 0.05) is 0 Å². The van der Waals surface area contributed by atoms with E-state index in [-0.39, 0.29) is 42.0 Å². The number of anilines is 1. The first-order valence-corrected chi connectivity index (χ1v) is 10.2. The van der Waals surface area contributed by atoms with Crippen molar-refractivity contribution >= 4 is 23.4 Å². The Morgan fingerprint density at radius 3 is 2.30 bits per heavy atom. The van der Waals surface area contributed by atoms with Gasteiger partial charge in [-0.2, -0.15) is 0 Å². The Morgan fingerprint density at radius 1 is 1.00 bits per heavy atom. The number of fused-ring (bicyclic) bond motifs is 5. The normalized spacial score (nSPS) is 26.2. The average Bonchev–Trinajstić information content (AvgIpc) is 3.41. The third-order valence-electron chi connectivity index (χ3n) is 6.27. The van der Waals surface area contributed by atoms with Crippen LogP contribution in [0.25, 0.3) is 0 Å². The minimum atomic E-state index is -0.420. The van der Waals surface area contributed by atoms with E-state index >= 15 is 0 Å². The third-order valence-corrected chi connectivity index (χ3v) is 6.27. The highest BCUT2D eigenvalue weighted by Crippen LogP contribution is 2.52. The Balaban J connectivity index is 1.28. The Bertz CT molecular complexity index is 1030. The number of nitrogens with zero attached hydrogens (tertiary/aromatic N) is 1. The fraction of sp³-hybridized carbons (Fsp3) is 0.292. The molecule has 4 unspecified atom stereocenters. The van der Waals surface area contributed by atoms with E-state index in [4.69, 9.17) is 4.74 Å². The number of carbonyl (C=O) groups excluding carboxylic acids is 3. The Labute approximate surface area is 174 Å². The van der Waals surface area contributed by atoms with E-state index in [9.17, 15) is 14.4 Å². The Kier molecular flexibility index (Phi) is 4.42. The second-order valence-electron chi connectivity index (χ2n) is 8.22. The second kappa shape index (κ2) is 7.13. The van der Waals surface area contributed by atoms with E-state index in [1.807, 2.05) is 49.4 Å². The highest BCUT2D eigenvalue weighted by molar-refractivity contribution is 6.09. The van der Waals surface area contributed by atoms with Crippen LogP contribution in [-0.2, 0) is 14.4 Å². The summed E-state index contributed by atoms with van der Waals surface area (Å²) >= 11 is 0. The number of ether oxygens (including phenoxy) is 1. The summed E-state index contributed by atoms with van der Waals surface area (Å²) in [6.07, 6.45) is 4.95. The van der Waals surface area contributed by atoms with E-state index in [1.54, 1.807) is 18.2 Å². The molecular formula is C24H22N2O4. The van der Waals surface area contributed by atoms with Crippen LogP contribution in [0.15, 0.2) is 60.7 Å². The first kappa shape index (κ1) is 18.6. The Morgan fingerprint density at radius 2 is 1.63 bits per heavy atom. The third kappa shape index (κ3) is 3.09. The molecule has 6 heteroatoms. The zero-order valence-corrected chi connectivity index (χ0v) is 16.6. The van der Waals surface area contributed by atoms with E-state index < -0.39 is 5.91 Å². The number of hydrogen-bond donors (Lipinski definition) is 1. The van der Waals surface area contributed by atoms with Crippen molar-refractivity contribution in [3.8, 4) is 11.5 Å². The van der Waals surface area contributed by atoms with Crippen LogP contribution in [0.2, 0.25) is 0 Å². The highest BCUT2D eigenvalue weighted by atomic mass is 16.5. The number of para-hydroxylation sites is 2. The van der Waals surface area contributed by atoms with Gasteiger partial charge in [-0.3, -0.25) is 19.3 Å². The average molecular weight is 402 g/mol. The van der Waals surface area contributed by atoms with Gasteiger partial charge in [0.2, 0.25) is 17.7 Å². The maximum absolute atomic E-state index is 12.8. The summed E-state index contributed by atoms with van der Waals surface area (Å²) in [5.41, 5.74) is 1.61. The summed E-state index contributed by atoms with van der Waals surface area (Å²) in [6.45, 7) is 1.72. The number of benzene rings is 2. The van der Waals surface area contributed by atoms with Crippen molar-refractivity contribution in [3.05, 3.63) is 66.2 Å². The van der Waals surface area contributed by atoms with E-state index in [1.165, 1.54) is 0 Å². The largest absolute Gasteiger partial charge is 0.455 e. The lowest BCUT2D eigenvalue weighted by Gasteiger charge is -2.18. The van der Waals surface area contributed by atoms with Crippen LogP contribution in [0.3, 0.4) is 0 Å². The zero-order valence-electron chi connectivity index (χ0n) is 16.6. The minimum absolute atomic E-state index is 0.133. The predicted octanol–water partition coefficient (Wildman–Crippen LogP) is 3.53. The maximum atomic E-state index is 12.8. The summed E-state index contributed by atoms with van der Waals surface area (Å²) < 4.78 is 5.90. The summed E-state index contributed by atoms with van der Waals surface area (Å²) in [6, 6.07) is 14.7.